The molecule has 1 atom stereocenters. The first-order valence-corrected chi connectivity index (χ1v) is 15.8. The molecule has 0 saturated heterocycles. The van der Waals surface area contributed by atoms with Gasteiger partial charge in [-0.15, -0.1) is 23.1 Å². The van der Waals surface area contributed by atoms with Gasteiger partial charge in [-0.25, -0.2) is 4.79 Å². The Kier molecular flexibility index (Phi) is 11.5. The van der Waals surface area contributed by atoms with E-state index in [1.807, 2.05) is 67.6 Å². The summed E-state index contributed by atoms with van der Waals surface area (Å²) in [5, 5.41) is 8.31. The number of esters is 1. The molecule has 0 bridgehead atoms. The van der Waals surface area contributed by atoms with Gasteiger partial charge in [0.25, 0.3) is 5.91 Å². The quantitative estimate of drug-likeness (QED) is 0.0845. The van der Waals surface area contributed by atoms with E-state index < -0.39 is 11.2 Å². The van der Waals surface area contributed by atoms with Gasteiger partial charge in [-0.05, 0) is 67.8 Å². The summed E-state index contributed by atoms with van der Waals surface area (Å²) in [6, 6.07) is 25.8. The van der Waals surface area contributed by atoms with E-state index in [9.17, 15) is 19.2 Å². The van der Waals surface area contributed by atoms with Crippen LogP contribution in [0.25, 0.3) is 6.08 Å². The Bertz CT molecular complexity index is 1650. The van der Waals surface area contributed by atoms with Crippen molar-refractivity contribution in [2.24, 2.45) is 0 Å². The van der Waals surface area contributed by atoms with Crippen LogP contribution in [0.5, 0.6) is 0 Å². The molecule has 44 heavy (non-hydrogen) atoms. The van der Waals surface area contributed by atoms with Gasteiger partial charge in [0, 0.05) is 22.3 Å². The van der Waals surface area contributed by atoms with Crippen molar-refractivity contribution < 1.29 is 23.9 Å². The van der Waals surface area contributed by atoms with E-state index in [0.29, 0.717) is 28.2 Å². The molecule has 0 fully saturated rings. The summed E-state index contributed by atoms with van der Waals surface area (Å²) < 4.78 is 5.25. The number of amides is 3. The lowest BCUT2D eigenvalue weighted by atomic mass is 10.1. The predicted molar refractivity (Wildman–Crippen MR) is 179 cm³/mol. The zero-order valence-electron chi connectivity index (χ0n) is 24.6. The van der Waals surface area contributed by atoms with Crippen molar-refractivity contribution in [3.8, 4) is 0 Å². The molecular formula is C34H33N3O5S2. The first-order valence-electron chi connectivity index (χ1n) is 14.1. The highest BCUT2D eigenvalue weighted by Gasteiger charge is 2.28. The number of thiophene rings is 1. The number of hydrogen-bond acceptors (Lipinski definition) is 7. The monoisotopic (exact) mass is 627 g/mol. The molecule has 0 spiro atoms. The summed E-state index contributed by atoms with van der Waals surface area (Å²) in [7, 11) is 0. The second-order valence-corrected chi connectivity index (χ2v) is 11.9. The third-order valence-electron chi connectivity index (χ3n) is 6.37. The van der Waals surface area contributed by atoms with Crippen LogP contribution in [0.3, 0.4) is 0 Å². The third kappa shape index (κ3) is 8.68. The molecule has 226 valence electrons. The van der Waals surface area contributed by atoms with E-state index in [2.05, 4.69) is 16.0 Å². The van der Waals surface area contributed by atoms with Crippen LogP contribution < -0.4 is 16.0 Å². The van der Waals surface area contributed by atoms with Crippen LogP contribution in [-0.4, -0.2) is 35.5 Å². The maximum Gasteiger partial charge on any atom is 0.341 e. The number of carbonyl (C=O) groups is 4. The van der Waals surface area contributed by atoms with E-state index in [-0.39, 0.29) is 34.9 Å². The van der Waals surface area contributed by atoms with Gasteiger partial charge in [-0.3, -0.25) is 14.4 Å². The smallest absolute Gasteiger partial charge is 0.341 e. The normalized spacial score (nSPS) is 11.5. The van der Waals surface area contributed by atoms with E-state index in [0.717, 1.165) is 21.8 Å². The van der Waals surface area contributed by atoms with Crippen molar-refractivity contribution in [3.05, 3.63) is 113 Å². The number of carbonyl (C=O) groups excluding carboxylic acids is 4. The fourth-order valence-corrected chi connectivity index (χ4v) is 6.33. The van der Waals surface area contributed by atoms with Crippen molar-refractivity contribution in [2.75, 3.05) is 22.6 Å². The van der Waals surface area contributed by atoms with Gasteiger partial charge in [-0.2, -0.15) is 0 Å². The molecule has 8 nitrogen and oxygen atoms in total. The molecule has 4 aromatic rings. The van der Waals surface area contributed by atoms with Gasteiger partial charge in [-0.1, -0.05) is 61.5 Å². The fourth-order valence-electron chi connectivity index (χ4n) is 4.22. The summed E-state index contributed by atoms with van der Waals surface area (Å²) in [6.07, 6.45) is 3.70. The standard InChI is InChI=1S/C34H33N3O5S2/c1-4-27(43-26-18-12-17-25(21-26)35-28(38)20-19-23-13-8-6-9-14-23)31(39)37-33-29(34(41)42-5-2)22(3)30(44-33)32(40)36-24-15-10-7-11-16-24/h6-21,27H,4-5H2,1-3H3,(H,35,38)(H,36,40)(H,37,39)/b20-19+. The van der Waals surface area contributed by atoms with Crippen LogP contribution in [0.1, 0.15) is 51.4 Å². The van der Waals surface area contributed by atoms with Gasteiger partial charge in [0.05, 0.1) is 22.3 Å². The largest absolute Gasteiger partial charge is 0.462 e. The molecule has 1 unspecified atom stereocenters. The predicted octanol–water partition coefficient (Wildman–Crippen LogP) is 7.65. The molecule has 0 aliphatic rings. The summed E-state index contributed by atoms with van der Waals surface area (Å²) in [6.45, 7) is 5.40. The molecule has 0 aliphatic heterocycles. The minimum Gasteiger partial charge on any atom is -0.462 e. The number of ether oxygens (including phenoxy) is 1. The number of nitrogens with one attached hydrogen (secondary N) is 3. The summed E-state index contributed by atoms with van der Waals surface area (Å²) in [4.78, 5) is 53.1. The average molecular weight is 628 g/mol. The average Bonchev–Trinajstić information content (AvgIpc) is 3.35. The highest BCUT2D eigenvalue weighted by molar-refractivity contribution is 8.00. The highest BCUT2D eigenvalue weighted by Crippen LogP contribution is 2.36. The number of benzene rings is 3. The topological polar surface area (TPSA) is 114 Å². The van der Waals surface area contributed by atoms with Crippen LogP contribution >= 0.6 is 23.1 Å². The Labute approximate surface area is 264 Å². The molecular weight excluding hydrogens is 595 g/mol. The SMILES string of the molecule is CCOC(=O)c1c(NC(=O)C(CC)Sc2cccc(NC(=O)/C=C/c3ccccc3)c2)sc(C(=O)Nc2ccccc2)c1C. The van der Waals surface area contributed by atoms with Gasteiger partial charge >= 0.3 is 5.97 Å². The van der Waals surface area contributed by atoms with Crippen molar-refractivity contribution in [1.82, 2.24) is 0 Å². The fraction of sp³-hybridized carbons (Fsp3) is 0.176. The molecule has 3 aromatic carbocycles. The van der Waals surface area contributed by atoms with Gasteiger partial charge in [0.2, 0.25) is 11.8 Å². The number of anilines is 3. The lowest BCUT2D eigenvalue weighted by molar-refractivity contribution is -0.115. The second kappa shape index (κ2) is 15.7. The maximum atomic E-state index is 13.5. The molecule has 0 saturated carbocycles. The van der Waals surface area contributed by atoms with Crippen molar-refractivity contribution in [1.29, 1.82) is 0 Å². The van der Waals surface area contributed by atoms with E-state index in [4.69, 9.17) is 4.74 Å². The number of thioether (sulfide) groups is 1. The first-order chi connectivity index (χ1) is 21.3. The molecule has 3 N–H and O–H groups in total. The lowest BCUT2D eigenvalue weighted by Gasteiger charge is -2.15. The molecule has 1 aromatic heterocycles. The Hall–Kier alpha value is -4.67. The lowest BCUT2D eigenvalue weighted by Crippen LogP contribution is -2.25. The zero-order valence-corrected chi connectivity index (χ0v) is 26.2. The Morgan fingerprint density at radius 2 is 1.55 bits per heavy atom. The summed E-state index contributed by atoms with van der Waals surface area (Å²) >= 11 is 2.37. The maximum absolute atomic E-state index is 13.5. The van der Waals surface area contributed by atoms with Crippen molar-refractivity contribution in [2.45, 2.75) is 37.3 Å². The van der Waals surface area contributed by atoms with E-state index >= 15 is 0 Å². The minimum absolute atomic E-state index is 0.148. The number of hydrogen-bond donors (Lipinski definition) is 3. The molecule has 1 heterocycles. The van der Waals surface area contributed by atoms with Crippen LogP contribution in [0, 0.1) is 6.92 Å². The van der Waals surface area contributed by atoms with E-state index in [1.165, 1.54) is 17.8 Å². The number of rotatable bonds is 12. The van der Waals surface area contributed by atoms with Gasteiger partial charge < -0.3 is 20.7 Å². The van der Waals surface area contributed by atoms with Crippen LogP contribution in [-0.2, 0) is 14.3 Å². The first kappa shape index (κ1) is 32.2. The molecule has 3 amide bonds. The summed E-state index contributed by atoms with van der Waals surface area (Å²) in [5.41, 5.74) is 2.72. The molecule has 4 rings (SSSR count). The second-order valence-electron chi connectivity index (χ2n) is 9.57. The van der Waals surface area contributed by atoms with Gasteiger partial charge in [0.15, 0.2) is 0 Å². The van der Waals surface area contributed by atoms with Crippen molar-refractivity contribution >= 4 is 69.2 Å². The van der Waals surface area contributed by atoms with Crippen LogP contribution in [0.2, 0.25) is 0 Å². The van der Waals surface area contributed by atoms with Crippen LogP contribution in [0.15, 0.2) is 95.9 Å². The minimum atomic E-state index is -0.610. The third-order valence-corrected chi connectivity index (χ3v) is 8.93. The van der Waals surface area contributed by atoms with E-state index in [1.54, 1.807) is 44.2 Å². The molecule has 10 heteroatoms. The zero-order chi connectivity index (χ0) is 31.5. The number of para-hydroxylation sites is 1. The van der Waals surface area contributed by atoms with Crippen LogP contribution in [0.4, 0.5) is 16.4 Å². The Balaban J connectivity index is 1.48. The Morgan fingerprint density at radius 1 is 0.864 bits per heavy atom. The van der Waals surface area contributed by atoms with Gasteiger partial charge in [0.1, 0.15) is 5.00 Å². The highest BCUT2D eigenvalue weighted by atomic mass is 32.2. The summed E-state index contributed by atoms with van der Waals surface area (Å²) in [5.74, 6) is -1.59. The van der Waals surface area contributed by atoms with Crippen molar-refractivity contribution in [3.63, 3.8) is 0 Å². The molecule has 0 aliphatic carbocycles. The Morgan fingerprint density at radius 3 is 2.23 bits per heavy atom. The molecule has 0 radical (unpaired) electrons.